The van der Waals surface area contributed by atoms with E-state index in [4.69, 9.17) is 9.73 Å². The third kappa shape index (κ3) is 4.01. The maximum atomic E-state index is 13.2. The summed E-state index contributed by atoms with van der Waals surface area (Å²) in [5.41, 5.74) is 5.07. The Morgan fingerprint density at radius 3 is 2.61 bits per heavy atom. The van der Waals surface area contributed by atoms with Crippen molar-refractivity contribution in [3.63, 3.8) is 0 Å². The molecule has 5 rings (SSSR count). The SMILES string of the molecule is COc1cccc(C(=O)NC2N=C(c3ccccc3)c3ccccc3N3CC(C)=NN=C23)c1. The third-order valence-electron chi connectivity index (χ3n) is 5.59. The van der Waals surface area contributed by atoms with Crippen LogP contribution in [0.2, 0.25) is 0 Å². The summed E-state index contributed by atoms with van der Waals surface area (Å²) < 4.78 is 5.27. The first-order valence-corrected chi connectivity index (χ1v) is 10.7. The van der Waals surface area contributed by atoms with Crippen molar-refractivity contribution in [2.75, 3.05) is 18.6 Å². The highest BCUT2D eigenvalue weighted by Crippen LogP contribution is 2.30. The molecule has 0 aliphatic carbocycles. The Kier molecular flexibility index (Phi) is 5.44. The van der Waals surface area contributed by atoms with E-state index in [0.29, 0.717) is 23.7 Å². The number of hydrogen-bond acceptors (Lipinski definition) is 6. The number of ether oxygens (including phenoxy) is 1. The molecule has 0 fully saturated rings. The number of benzene rings is 3. The Labute approximate surface area is 192 Å². The third-order valence-corrected chi connectivity index (χ3v) is 5.59. The van der Waals surface area contributed by atoms with Crippen LogP contribution >= 0.6 is 0 Å². The van der Waals surface area contributed by atoms with Gasteiger partial charge >= 0.3 is 0 Å². The van der Waals surface area contributed by atoms with Gasteiger partial charge in [0.2, 0.25) is 0 Å². The second-order valence-electron chi connectivity index (χ2n) is 7.85. The van der Waals surface area contributed by atoms with E-state index in [1.165, 1.54) is 0 Å². The monoisotopic (exact) mass is 437 g/mol. The van der Waals surface area contributed by atoms with E-state index in [2.05, 4.69) is 20.4 Å². The largest absolute Gasteiger partial charge is 0.497 e. The van der Waals surface area contributed by atoms with Gasteiger partial charge in [0, 0.05) is 16.7 Å². The number of hydrogen-bond donors (Lipinski definition) is 1. The van der Waals surface area contributed by atoms with E-state index < -0.39 is 6.17 Å². The first-order chi connectivity index (χ1) is 16.1. The van der Waals surface area contributed by atoms with E-state index in [1.54, 1.807) is 31.4 Å². The van der Waals surface area contributed by atoms with Gasteiger partial charge in [0.05, 0.1) is 30.8 Å². The van der Waals surface area contributed by atoms with Crippen molar-refractivity contribution in [2.45, 2.75) is 13.1 Å². The number of carbonyl (C=O) groups is 1. The highest BCUT2D eigenvalue weighted by atomic mass is 16.5. The lowest BCUT2D eigenvalue weighted by atomic mass is 10.00. The Bertz CT molecular complexity index is 1300. The molecule has 2 aliphatic heterocycles. The molecule has 1 atom stereocenters. The maximum absolute atomic E-state index is 13.2. The van der Waals surface area contributed by atoms with Crippen LogP contribution in [0, 0.1) is 0 Å². The zero-order chi connectivity index (χ0) is 22.8. The van der Waals surface area contributed by atoms with Gasteiger partial charge in [-0.2, -0.15) is 5.10 Å². The zero-order valence-corrected chi connectivity index (χ0v) is 18.4. The summed E-state index contributed by atoms with van der Waals surface area (Å²) in [5.74, 6) is 0.923. The number of methoxy groups -OCH3 is 1. The molecule has 2 heterocycles. The molecule has 0 saturated carbocycles. The predicted octanol–water partition coefficient (Wildman–Crippen LogP) is 3.90. The van der Waals surface area contributed by atoms with Crippen LogP contribution < -0.4 is 15.0 Å². The molecular formula is C26H23N5O2. The standard InChI is InChI=1S/C26H23N5O2/c1-17-16-31-22-14-7-6-13-21(22)23(18-9-4-3-5-10-18)27-24(25(31)30-29-17)28-26(32)19-11-8-12-20(15-19)33-2/h3-15,24H,16H2,1-2H3,(H,28,32). The fourth-order valence-corrected chi connectivity index (χ4v) is 4.00. The first-order valence-electron chi connectivity index (χ1n) is 10.7. The number of carbonyl (C=O) groups excluding carboxylic acids is 1. The maximum Gasteiger partial charge on any atom is 0.253 e. The fourth-order valence-electron chi connectivity index (χ4n) is 4.00. The summed E-state index contributed by atoms with van der Waals surface area (Å²) in [6.07, 6.45) is -0.719. The number of amidine groups is 1. The normalized spacial score (nSPS) is 17.0. The minimum absolute atomic E-state index is 0.269. The summed E-state index contributed by atoms with van der Waals surface area (Å²) in [6, 6.07) is 25.1. The summed E-state index contributed by atoms with van der Waals surface area (Å²) in [5, 5.41) is 11.8. The van der Waals surface area contributed by atoms with Crippen LogP contribution in [0.25, 0.3) is 0 Å². The fraction of sp³-hybridized carbons (Fsp3) is 0.154. The van der Waals surface area contributed by atoms with Crippen LogP contribution in [-0.2, 0) is 0 Å². The van der Waals surface area contributed by atoms with Gasteiger partial charge in [-0.05, 0) is 31.2 Å². The lowest BCUT2D eigenvalue weighted by Gasteiger charge is -2.30. The summed E-state index contributed by atoms with van der Waals surface area (Å²) in [7, 11) is 1.57. The molecule has 3 aromatic rings. The number of rotatable bonds is 4. The van der Waals surface area contributed by atoms with Gasteiger partial charge in [0.15, 0.2) is 12.0 Å². The van der Waals surface area contributed by atoms with E-state index in [9.17, 15) is 4.79 Å². The number of amides is 1. The molecule has 0 spiro atoms. The van der Waals surface area contributed by atoms with Crippen LogP contribution in [0.15, 0.2) is 94.1 Å². The Balaban J connectivity index is 1.63. The van der Waals surface area contributed by atoms with Crippen LogP contribution in [-0.4, -0.2) is 43.0 Å². The van der Waals surface area contributed by atoms with Crippen molar-refractivity contribution in [3.05, 3.63) is 95.6 Å². The van der Waals surface area contributed by atoms with Crippen LogP contribution in [0.3, 0.4) is 0 Å². The average molecular weight is 438 g/mol. The van der Waals surface area contributed by atoms with Gasteiger partial charge in [-0.1, -0.05) is 54.6 Å². The molecular weight excluding hydrogens is 414 g/mol. The number of fused-ring (bicyclic) bond motifs is 3. The highest BCUT2D eigenvalue weighted by Gasteiger charge is 2.33. The number of aliphatic imine (C=N–C) groups is 1. The van der Waals surface area contributed by atoms with Gasteiger partial charge in [0.1, 0.15) is 5.75 Å². The molecule has 3 aromatic carbocycles. The van der Waals surface area contributed by atoms with Crippen LogP contribution in [0.1, 0.15) is 28.4 Å². The van der Waals surface area contributed by atoms with Gasteiger partial charge in [-0.15, -0.1) is 5.10 Å². The molecule has 7 heteroatoms. The minimum Gasteiger partial charge on any atom is -0.497 e. The number of nitrogens with zero attached hydrogens (tertiary/aromatic N) is 4. The van der Waals surface area contributed by atoms with Gasteiger partial charge in [-0.3, -0.25) is 9.79 Å². The number of anilines is 1. The average Bonchev–Trinajstić information content (AvgIpc) is 2.99. The van der Waals surface area contributed by atoms with Gasteiger partial charge in [0.25, 0.3) is 5.91 Å². The molecule has 164 valence electrons. The topological polar surface area (TPSA) is 78.6 Å². The first kappa shape index (κ1) is 20.6. The Morgan fingerprint density at radius 1 is 1.00 bits per heavy atom. The molecule has 33 heavy (non-hydrogen) atoms. The molecule has 1 N–H and O–H groups in total. The van der Waals surface area contributed by atoms with Gasteiger partial charge in [-0.25, -0.2) is 0 Å². The van der Waals surface area contributed by atoms with Crippen molar-refractivity contribution >= 4 is 28.9 Å². The van der Waals surface area contributed by atoms with Crippen molar-refractivity contribution in [3.8, 4) is 5.75 Å². The molecule has 1 amide bonds. The van der Waals surface area contributed by atoms with E-state index in [0.717, 1.165) is 28.2 Å². The molecule has 1 unspecified atom stereocenters. The van der Waals surface area contributed by atoms with Crippen LogP contribution in [0.5, 0.6) is 5.75 Å². The van der Waals surface area contributed by atoms with Gasteiger partial charge < -0.3 is 15.0 Å². The summed E-state index contributed by atoms with van der Waals surface area (Å²) >= 11 is 0. The Morgan fingerprint density at radius 2 is 1.79 bits per heavy atom. The quantitative estimate of drug-likeness (QED) is 0.673. The second kappa shape index (κ2) is 8.70. The van der Waals surface area contributed by atoms with E-state index in [1.807, 2.05) is 61.5 Å². The lowest BCUT2D eigenvalue weighted by molar-refractivity contribution is 0.0947. The smallest absolute Gasteiger partial charge is 0.253 e. The van der Waals surface area contributed by atoms with Crippen molar-refractivity contribution in [2.24, 2.45) is 15.2 Å². The second-order valence-corrected chi connectivity index (χ2v) is 7.85. The molecule has 0 saturated heterocycles. The molecule has 2 aliphatic rings. The lowest BCUT2D eigenvalue weighted by Crippen LogP contribution is -2.50. The minimum atomic E-state index is -0.719. The highest BCUT2D eigenvalue weighted by molar-refractivity contribution is 6.22. The molecule has 0 aromatic heterocycles. The zero-order valence-electron chi connectivity index (χ0n) is 18.4. The molecule has 7 nitrogen and oxygen atoms in total. The molecule has 0 radical (unpaired) electrons. The number of nitrogens with one attached hydrogen (secondary N) is 1. The van der Waals surface area contributed by atoms with Crippen molar-refractivity contribution in [1.82, 2.24) is 5.32 Å². The van der Waals surface area contributed by atoms with E-state index in [-0.39, 0.29) is 5.91 Å². The Hall–Kier alpha value is -4.26. The molecule has 0 bridgehead atoms. The predicted molar refractivity (Wildman–Crippen MR) is 131 cm³/mol. The van der Waals surface area contributed by atoms with Crippen molar-refractivity contribution in [1.29, 1.82) is 0 Å². The summed E-state index contributed by atoms with van der Waals surface area (Å²) in [4.78, 5) is 20.3. The van der Waals surface area contributed by atoms with Crippen LogP contribution in [0.4, 0.5) is 5.69 Å². The summed E-state index contributed by atoms with van der Waals surface area (Å²) in [6.45, 7) is 2.51. The van der Waals surface area contributed by atoms with Crippen molar-refractivity contribution < 1.29 is 9.53 Å². The van der Waals surface area contributed by atoms with E-state index >= 15 is 0 Å². The number of para-hydroxylation sites is 1.